The fourth-order valence-electron chi connectivity index (χ4n) is 1.62. The highest BCUT2D eigenvalue weighted by molar-refractivity contribution is 9.09. The number of halogens is 2. The highest BCUT2D eigenvalue weighted by atomic mass is 79.9. The molecule has 8 heteroatoms. The summed E-state index contributed by atoms with van der Waals surface area (Å²) in [5.74, 6) is -0.700. The SMILES string of the molecule is O=C(CCCCBr)Nc1cc(-n2cnnn2)ccc1F. The first kappa shape index (κ1) is 14.6. The molecule has 1 amide bonds. The maximum Gasteiger partial charge on any atom is 0.224 e. The van der Waals surface area contributed by atoms with Crippen LogP contribution in [0, 0.1) is 5.82 Å². The summed E-state index contributed by atoms with van der Waals surface area (Å²) in [5, 5.41) is 14.1. The number of alkyl halides is 1. The zero-order valence-corrected chi connectivity index (χ0v) is 12.2. The van der Waals surface area contributed by atoms with Crippen molar-refractivity contribution in [3.8, 4) is 5.69 Å². The van der Waals surface area contributed by atoms with Crippen LogP contribution in [0.3, 0.4) is 0 Å². The molecular formula is C12H13BrFN5O. The second-order valence-electron chi connectivity index (χ2n) is 4.11. The van der Waals surface area contributed by atoms with Crippen molar-refractivity contribution in [2.45, 2.75) is 19.3 Å². The minimum atomic E-state index is -0.490. The highest BCUT2D eigenvalue weighted by Crippen LogP contribution is 2.18. The fourth-order valence-corrected chi connectivity index (χ4v) is 2.02. The van der Waals surface area contributed by atoms with E-state index >= 15 is 0 Å². The summed E-state index contributed by atoms with van der Waals surface area (Å²) >= 11 is 3.30. The fraction of sp³-hybridized carbons (Fsp3) is 0.333. The summed E-state index contributed by atoms with van der Waals surface area (Å²) < 4.78 is 15.1. The van der Waals surface area contributed by atoms with E-state index in [0.717, 1.165) is 18.2 Å². The lowest BCUT2D eigenvalue weighted by Gasteiger charge is -2.08. The number of carbonyl (C=O) groups excluding carboxylic acids is 1. The van der Waals surface area contributed by atoms with Gasteiger partial charge in [-0.1, -0.05) is 15.9 Å². The highest BCUT2D eigenvalue weighted by Gasteiger charge is 2.09. The number of hydrogen-bond donors (Lipinski definition) is 1. The molecule has 0 radical (unpaired) electrons. The number of anilines is 1. The number of tetrazole rings is 1. The van der Waals surface area contributed by atoms with Crippen molar-refractivity contribution in [3.63, 3.8) is 0 Å². The van der Waals surface area contributed by atoms with Crippen molar-refractivity contribution in [3.05, 3.63) is 30.3 Å². The molecule has 0 aliphatic carbocycles. The van der Waals surface area contributed by atoms with Crippen LogP contribution in [0.1, 0.15) is 19.3 Å². The van der Waals surface area contributed by atoms with E-state index in [4.69, 9.17) is 0 Å². The Kier molecular flexibility index (Phi) is 5.16. The van der Waals surface area contributed by atoms with Crippen LogP contribution < -0.4 is 5.32 Å². The van der Waals surface area contributed by atoms with Gasteiger partial charge in [-0.15, -0.1) is 5.10 Å². The van der Waals surface area contributed by atoms with E-state index in [9.17, 15) is 9.18 Å². The smallest absolute Gasteiger partial charge is 0.224 e. The van der Waals surface area contributed by atoms with Crippen LogP contribution in [-0.4, -0.2) is 31.4 Å². The number of carbonyl (C=O) groups is 1. The molecule has 0 aliphatic rings. The van der Waals surface area contributed by atoms with E-state index in [-0.39, 0.29) is 11.6 Å². The number of nitrogens with one attached hydrogen (secondary N) is 1. The lowest BCUT2D eigenvalue weighted by molar-refractivity contribution is -0.116. The maximum absolute atomic E-state index is 13.7. The van der Waals surface area contributed by atoms with Gasteiger partial charge in [-0.25, -0.2) is 9.07 Å². The summed E-state index contributed by atoms with van der Waals surface area (Å²) in [5.41, 5.74) is 0.703. The predicted molar refractivity (Wildman–Crippen MR) is 75.4 cm³/mol. The van der Waals surface area contributed by atoms with Crippen LogP contribution >= 0.6 is 15.9 Å². The van der Waals surface area contributed by atoms with Crippen LogP contribution in [0.15, 0.2) is 24.5 Å². The largest absolute Gasteiger partial charge is 0.324 e. The molecule has 0 fully saturated rings. The van der Waals surface area contributed by atoms with Crippen molar-refractivity contribution in [2.24, 2.45) is 0 Å². The minimum absolute atomic E-state index is 0.127. The Morgan fingerprint density at radius 3 is 2.95 bits per heavy atom. The van der Waals surface area contributed by atoms with Crippen LogP contribution in [0.2, 0.25) is 0 Å². The molecule has 2 rings (SSSR count). The molecule has 0 aliphatic heterocycles. The van der Waals surface area contributed by atoms with Gasteiger partial charge in [0.1, 0.15) is 12.1 Å². The number of aromatic nitrogens is 4. The zero-order valence-electron chi connectivity index (χ0n) is 10.6. The Labute approximate surface area is 123 Å². The van der Waals surface area contributed by atoms with Gasteiger partial charge in [-0.05, 0) is 41.5 Å². The van der Waals surface area contributed by atoms with E-state index in [1.54, 1.807) is 0 Å². The van der Waals surface area contributed by atoms with E-state index < -0.39 is 5.82 Å². The summed E-state index contributed by atoms with van der Waals surface area (Å²) in [6, 6.07) is 4.30. The van der Waals surface area contributed by atoms with E-state index in [2.05, 4.69) is 36.8 Å². The maximum atomic E-state index is 13.7. The summed E-state index contributed by atoms with van der Waals surface area (Å²) in [7, 11) is 0. The van der Waals surface area contributed by atoms with Crippen molar-refractivity contribution >= 4 is 27.5 Å². The third kappa shape index (κ3) is 3.83. The first-order chi connectivity index (χ1) is 9.70. The van der Waals surface area contributed by atoms with E-state index in [1.807, 2.05) is 0 Å². The van der Waals surface area contributed by atoms with Crippen LogP contribution in [-0.2, 0) is 4.79 Å². The Morgan fingerprint density at radius 1 is 1.40 bits per heavy atom. The molecule has 6 nitrogen and oxygen atoms in total. The monoisotopic (exact) mass is 341 g/mol. The quantitative estimate of drug-likeness (QED) is 0.646. The van der Waals surface area contributed by atoms with Crippen molar-refractivity contribution in [1.82, 2.24) is 20.2 Å². The first-order valence-corrected chi connectivity index (χ1v) is 7.21. The summed E-state index contributed by atoms with van der Waals surface area (Å²) in [6.45, 7) is 0. The molecule has 20 heavy (non-hydrogen) atoms. The molecule has 1 N–H and O–H groups in total. The molecule has 0 saturated carbocycles. The standard InChI is InChI=1S/C12H13BrFN5O/c13-6-2-1-3-12(20)16-11-7-9(4-5-10(11)14)19-8-15-17-18-19/h4-5,7-8H,1-3,6H2,(H,16,20). The molecule has 2 aromatic rings. The molecule has 0 unspecified atom stereocenters. The van der Waals surface area contributed by atoms with Gasteiger partial charge < -0.3 is 5.32 Å². The number of amides is 1. The van der Waals surface area contributed by atoms with Gasteiger partial charge in [0.2, 0.25) is 5.91 Å². The molecular weight excluding hydrogens is 329 g/mol. The predicted octanol–water partition coefficient (Wildman–Crippen LogP) is 2.31. The lowest BCUT2D eigenvalue weighted by Crippen LogP contribution is -2.13. The van der Waals surface area contributed by atoms with Gasteiger partial charge in [0.15, 0.2) is 0 Å². The Balaban J connectivity index is 2.07. The van der Waals surface area contributed by atoms with Gasteiger partial charge in [-0.2, -0.15) is 0 Å². The number of nitrogens with zero attached hydrogens (tertiary/aromatic N) is 4. The van der Waals surface area contributed by atoms with Gasteiger partial charge in [0.25, 0.3) is 0 Å². The summed E-state index contributed by atoms with van der Waals surface area (Å²) in [6.07, 6.45) is 3.42. The van der Waals surface area contributed by atoms with E-state index in [0.29, 0.717) is 12.1 Å². The third-order valence-corrected chi connectivity index (χ3v) is 3.19. The number of rotatable bonds is 6. The molecule has 0 saturated heterocycles. The Hall–Kier alpha value is -1.83. The third-order valence-electron chi connectivity index (χ3n) is 2.63. The first-order valence-electron chi connectivity index (χ1n) is 6.09. The minimum Gasteiger partial charge on any atom is -0.324 e. The lowest BCUT2D eigenvalue weighted by atomic mass is 10.2. The van der Waals surface area contributed by atoms with Crippen molar-refractivity contribution in [1.29, 1.82) is 0 Å². The number of hydrogen-bond acceptors (Lipinski definition) is 4. The molecule has 1 aromatic carbocycles. The van der Waals surface area contributed by atoms with Gasteiger partial charge in [-0.3, -0.25) is 4.79 Å². The zero-order chi connectivity index (χ0) is 14.4. The van der Waals surface area contributed by atoms with Gasteiger partial charge in [0.05, 0.1) is 11.4 Å². The van der Waals surface area contributed by atoms with Crippen LogP contribution in [0.4, 0.5) is 10.1 Å². The molecule has 1 aromatic heterocycles. The van der Waals surface area contributed by atoms with Crippen LogP contribution in [0.25, 0.3) is 5.69 Å². The number of benzene rings is 1. The normalized spacial score (nSPS) is 10.5. The average Bonchev–Trinajstić information content (AvgIpc) is 2.95. The van der Waals surface area contributed by atoms with Crippen LogP contribution in [0.5, 0.6) is 0 Å². The molecule has 1 heterocycles. The second-order valence-corrected chi connectivity index (χ2v) is 4.91. The van der Waals surface area contributed by atoms with Crippen molar-refractivity contribution in [2.75, 3.05) is 10.6 Å². The van der Waals surface area contributed by atoms with Gasteiger partial charge in [0, 0.05) is 11.8 Å². The second kappa shape index (κ2) is 7.09. The number of unbranched alkanes of at least 4 members (excludes halogenated alkanes) is 1. The van der Waals surface area contributed by atoms with Crippen molar-refractivity contribution < 1.29 is 9.18 Å². The summed E-state index contributed by atoms with van der Waals surface area (Å²) in [4.78, 5) is 11.7. The molecule has 0 atom stereocenters. The Bertz CT molecular complexity index is 575. The van der Waals surface area contributed by atoms with E-state index in [1.165, 1.54) is 29.2 Å². The molecule has 106 valence electrons. The Morgan fingerprint density at radius 2 is 2.25 bits per heavy atom. The molecule has 0 bridgehead atoms. The molecule has 0 spiro atoms. The van der Waals surface area contributed by atoms with Gasteiger partial charge >= 0.3 is 0 Å². The topological polar surface area (TPSA) is 72.7 Å². The average molecular weight is 342 g/mol.